The number of ketones is 1. The van der Waals surface area contributed by atoms with Crippen LogP contribution >= 0.6 is 0 Å². The Morgan fingerprint density at radius 2 is 0.729 bits per heavy atom. The van der Waals surface area contributed by atoms with Crippen molar-refractivity contribution in [3.8, 4) is 0 Å². The van der Waals surface area contributed by atoms with E-state index in [0.29, 0.717) is 38.4 Å². The Kier molecular flexibility index (Phi) is 76.2. The molecule has 0 amide bonds. The van der Waals surface area contributed by atoms with Gasteiger partial charge in [0.15, 0.2) is 5.78 Å². The standard InChI is InChI=1S/C22H27NO7S.C20H22O5.C14H19N3O6S.C13H16O8S.C6H11N3O9S2.7Na.4H2O/c1-16-22(23-13-20(24)18-10-6-3-7-11-18)21(28-14-17-8-4-2-5-9-17)12-19(30-16)15-29-31(25,26)27;21-20(22)18-11-17(23-12-15-7-3-1-4-8-15)19(14-25-18)24-13-16-9-5-2-6-10-16;1-10-13(9-23-24(18,19)20)21-8-12(16-17-15)14(10)22-7-11-5-3-2-4-6-11;14-13(15)11-6-10(12(8-20-11)21-22(16,17)18)19-7-9-4-2-1-3-5-9;7-9-8-5-3-16-4(2-17-19(10,11)12)1-6(5)18-20(13,14)15;;;;;;;;;;;/h2-11,16,19,21-23H,12-15H2,1H3,(H,25,26,27);1-10,17-19H,11-14H2,(H,21,22);2-6,10,12-14H,7-9H2,1H3,(H,18,19,20);1-5,10-12H,6-8H2,(H,14,15)(H,16,17,18);4-6H,1-3H2,(H,10,11,12)(H,13,14,15);;;;;;;;4*1H2/q;;;;;7*+1;;;;/p-7/t16-,19?,21?,22?;;10-,12?,13?,14?;;;;;;;;;;;;;/m1.1............./s1. The van der Waals surface area contributed by atoms with Crippen molar-refractivity contribution < 1.29 is 387 Å². The minimum atomic E-state index is -5.05. The number of carboxylic acid groups (broad SMARTS) is 2. The topological polar surface area (TPSA) is 757 Å². The first-order valence-electron chi connectivity index (χ1n) is 37.2. The van der Waals surface area contributed by atoms with Crippen molar-refractivity contribution in [3.63, 3.8) is 0 Å². The summed E-state index contributed by atoms with van der Waals surface area (Å²) >= 11 is 0. The van der Waals surface area contributed by atoms with Crippen molar-refractivity contribution in [1.82, 2.24) is 5.32 Å². The smallest absolute Gasteiger partial charge is 0.726 e. The number of ether oxygens (including phenoxy) is 10. The molecule has 0 spiro atoms. The van der Waals surface area contributed by atoms with Crippen molar-refractivity contribution in [2.24, 2.45) is 16.1 Å². The maximum atomic E-state index is 12.5. The van der Waals surface area contributed by atoms with Gasteiger partial charge >= 0.3 is 207 Å². The Bertz CT molecular complexity index is 4920. The fourth-order valence-electron chi connectivity index (χ4n) is 12.6. The van der Waals surface area contributed by atoms with Crippen molar-refractivity contribution in [3.05, 3.63) is 236 Å². The molecule has 5 heterocycles. The number of Topliss-reactive ketones (excluding diaryl/α,β-unsaturated/α-hetero) is 1. The Morgan fingerprint density at radius 3 is 1.12 bits per heavy atom. The number of aliphatic carboxylic acids is 2. The second-order valence-electron chi connectivity index (χ2n) is 27.4. The van der Waals surface area contributed by atoms with Crippen LogP contribution in [0.5, 0.6) is 0 Å². The minimum absolute atomic E-state index is 0. The van der Waals surface area contributed by atoms with E-state index in [9.17, 15) is 89.4 Å². The molecular formula is C75H96N7Na7O39S5. The summed E-state index contributed by atoms with van der Waals surface area (Å²) in [6.45, 7) is 3.33. The van der Waals surface area contributed by atoms with Crippen LogP contribution in [-0.2, 0) is 163 Å². The van der Waals surface area contributed by atoms with Crippen LogP contribution in [0.15, 0.2) is 192 Å². The molecule has 133 heavy (non-hydrogen) atoms. The number of carboxylic acids is 2. The summed E-state index contributed by atoms with van der Waals surface area (Å²) in [6.07, 6.45) is -9.82. The maximum Gasteiger partial charge on any atom is 1.00 e. The second-order valence-corrected chi connectivity index (χ2v) is 32.6. The van der Waals surface area contributed by atoms with Gasteiger partial charge in [0.2, 0.25) is 52.0 Å². The number of carbonyl (C=O) groups is 3. The Labute approximate surface area is 925 Å². The number of carbonyl (C=O) groups excluding carboxylic acids is 3. The van der Waals surface area contributed by atoms with Crippen LogP contribution in [0, 0.1) is 5.92 Å². The van der Waals surface area contributed by atoms with Crippen LogP contribution in [0.1, 0.15) is 77.7 Å². The molecule has 46 nitrogen and oxygen atoms in total. The van der Waals surface area contributed by atoms with Crippen LogP contribution in [0.2, 0.25) is 0 Å². The van der Waals surface area contributed by atoms with Crippen LogP contribution in [-0.4, -0.2) is 255 Å². The fraction of sp³-hybridized carbons (Fsp3) is 0.480. The van der Waals surface area contributed by atoms with Gasteiger partial charge in [0.05, 0.1) is 183 Å². The summed E-state index contributed by atoms with van der Waals surface area (Å²) in [5, 5.41) is 32.1. The number of hydrogen-bond acceptors (Lipinski definition) is 38. The Balaban J connectivity index is -0.000000506. The maximum absolute atomic E-state index is 12.5. The number of azide groups is 2. The van der Waals surface area contributed by atoms with E-state index >= 15 is 0 Å². The number of nitrogens with one attached hydrogen (secondary N) is 1. The summed E-state index contributed by atoms with van der Waals surface area (Å²) < 4.78 is 236. The van der Waals surface area contributed by atoms with E-state index in [1.54, 1.807) is 62.4 Å². The van der Waals surface area contributed by atoms with E-state index in [0.717, 1.165) is 27.8 Å². The number of benzene rings is 6. The summed E-state index contributed by atoms with van der Waals surface area (Å²) in [4.78, 5) is 39.7. The molecule has 6 aromatic rings. The molecule has 5 fully saturated rings. The fourth-order valence-corrected chi connectivity index (χ4v) is 14.5. The van der Waals surface area contributed by atoms with Crippen molar-refractivity contribution >= 4 is 69.7 Å². The zero-order chi connectivity index (χ0) is 88.9. The van der Waals surface area contributed by atoms with E-state index in [4.69, 9.17) is 58.4 Å². The molecule has 0 radical (unpaired) electrons. The summed E-state index contributed by atoms with van der Waals surface area (Å²) in [6, 6.07) is 54.6. The van der Waals surface area contributed by atoms with Crippen molar-refractivity contribution in [2.45, 2.75) is 170 Å². The Hall–Kier alpha value is -1.70. The third kappa shape index (κ3) is 56.8. The minimum Gasteiger partial charge on any atom is -0.726 e. The quantitative estimate of drug-likeness (QED) is 0.00726. The van der Waals surface area contributed by atoms with Gasteiger partial charge < -0.3 is 117 Å². The molecule has 15 unspecified atom stereocenters. The number of rotatable bonds is 36. The van der Waals surface area contributed by atoms with Gasteiger partial charge in [-0.3, -0.25) is 25.7 Å². The molecule has 5 aliphatic heterocycles. The van der Waals surface area contributed by atoms with E-state index in [1.807, 2.05) is 133 Å². The van der Waals surface area contributed by atoms with Gasteiger partial charge in [-0.1, -0.05) is 199 Å². The van der Waals surface area contributed by atoms with Gasteiger partial charge in [0.25, 0.3) is 0 Å². The summed E-state index contributed by atoms with van der Waals surface area (Å²) in [5.41, 5.74) is 22.4. The molecule has 0 saturated carbocycles. The molecule has 0 bridgehead atoms. The van der Waals surface area contributed by atoms with Gasteiger partial charge in [-0.05, 0) is 45.8 Å². The van der Waals surface area contributed by atoms with E-state index in [-0.39, 0.29) is 330 Å². The first-order valence-corrected chi connectivity index (χ1v) is 43.9. The molecule has 9 N–H and O–H groups in total. The van der Waals surface area contributed by atoms with E-state index in [1.165, 1.54) is 0 Å². The molecule has 0 aliphatic carbocycles. The van der Waals surface area contributed by atoms with Crippen molar-refractivity contribution in [1.29, 1.82) is 0 Å². The van der Waals surface area contributed by atoms with Crippen LogP contribution < -0.4 is 222 Å². The third-order valence-electron chi connectivity index (χ3n) is 18.5. The number of hydrogen-bond donors (Lipinski definition) is 1. The summed E-state index contributed by atoms with van der Waals surface area (Å²) in [5.74, 6) is -3.04. The Morgan fingerprint density at radius 1 is 0.398 bits per heavy atom. The molecule has 5 saturated heterocycles. The molecule has 11 rings (SSSR count). The normalized spacial score (nSPS) is 23.4. The molecule has 5 aliphatic rings. The molecule has 702 valence electrons. The van der Waals surface area contributed by atoms with Crippen LogP contribution in [0.4, 0.5) is 0 Å². The van der Waals surface area contributed by atoms with Crippen LogP contribution in [0.3, 0.4) is 0 Å². The summed E-state index contributed by atoms with van der Waals surface area (Å²) in [7, 11) is -24.5. The van der Waals surface area contributed by atoms with Gasteiger partial charge in [-0.2, -0.15) is 0 Å². The molecule has 0 aromatic heterocycles. The number of nitrogens with zero attached hydrogens (tertiary/aromatic N) is 6. The first-order chi connectivity index (χ1) is 57.9. The first kappa shape index (κ1) is 140. The monoisotopic (exact) mass is 2040 g/mol. The zero-order valence-electron chi connectivity index (χ0n) is 74.2. The van der Waals surface area contributed by atoms with Crippen molar-refractivity contribution in [2.75, 3.05) is 52.8 Å². The average molecular weight is 2040 g/mol. The zero-order valence-corrected chi connectivity index (χ0v) is 92.3. The third-order valence-corrected chi connectivity index (χ3v) is 20.8. The second kappa shape index (κ2) is 72.5. The van der Waals surface area contributed by atoms with E-state index < -0.39 is 150 Å². The largest absolute Gasteiger partial charge is 1.00 e. The SMILES string of the molecule is C[C@@H]1C(COS(=O)(=O)[O-])OCC(N=[N+]=[N-])C1OCc1ccccc1.C[C@H]1OC(COS(=O)(=O)[O-])CC(OCc2ccccc2)C1NCC(=O)c1ccccc1.O.O.O.O.O=C([O-])C1CC(OCc2ccccc2)C(OCc2ccccc2)CO1.O=C([O-])C1CC(OCc2ccccc2)C(OS(=O)(=O)[O-])CO1.[N-]=[N+]=NC1COC(COS(=O)(=O)[O-])CC1OS(=O)(=O)[O-].[Na+].[Na+].[Na+].[Na+].[Na+].[Na+].[Na+]. The van der Waals surface area contributed by atoms with Gasteiger partial charge in [0.1, 0.15) is 12.2 Å². The van der Waals surface area contributed by atoms with Crippen LogP contribution in [0.25, 0.3) is 20.9 Å². The van der Waals surface area contributed by atoms with Gasteiger partial charge in [-0.25, -0.2) is 42.1 Å². The predicted molar refractivity (Wildman–Crippen MR) is 425 cm³/mol. The van der Waals surface area contributed by atoms with Gasteiger partial charge in [0, 0.05) is 47.0 Å². The van der Waals surface area contributed by atoms with E-state index in [2.05, 4.69) is 46.3 Å². The molecular weight excluding hydrogens is 1940 g/mol. The molecule has 58 heteroatoms. The predicted octanol–water partition coefficient (Wildman–Crippen LogP) is -21.0. The average Bonchev–Trinajstić information content (AvgIpc) is 0.820. The molecule has 17 atom stereocenters. The van der Waals surface area contributed by atoms with Gasteiger partial charge in [-0.15, -0.1) is 0 Å². The molecule has 6 aromatic carbocycles.